The van der Waals surface area contributed by atoms with Crippen molar-refractivity contribution in [3.63, 3.8) is 0 Å². The lowest BCUT2D eigenvalue weighted by Gasteiger charge is -2.27. The van der Waals surface area contributed by atoms with Crippen molar-refractivity contribution in [2.75, 3.05) is 5.84 Å². The average Bonchev–Trinajstić information content (AvgIpc) is 3.49. The number of ether oxygens (including phenoxy) is 1. The van der Waals surface area contributed by atoms with Gasteiger partial charge in [0, 0.05) is 16.7 Å². The molecule has 0 aliphatic heterocycles. The lowest BCUT2D eigenvalue weighted by atomic mass is 9.84. The number of H-pyrrole nitrogens is 1. The van der Waals surface area contributed by atoms with Crippen molar-refractivity contribution < 1.29 is 4.74 Å². The number of hydrogen-bond acceptors (Lipinski definition) is 7. The molecule has 32 heavy (non-hydrogen) atoms. The minimum atomic E-state index is -0.703. The van der Waals surface area contributed by atoms with Crippen molar-refractivity contribution in [3.8, 4) is 17.3 Å². The second-order valence-corrected chi connectivity index (χ2v) is 8.88. The van der Waals surface area contributed by atoms with E-state index in [1.807, 2.05) is 13.0 Å². The van der Waals surface area contributed by atoms with E-state index in [1.54, 1.807) is 0 Å². The molecule has 0 bridgehead atoms. The molecule has 3 aromatic rings. The molecule has 0 saturated heterocycles. The third-order valence-electron chi connectivity index (χ3n) is 6.97. The zero-order valence-electron chi connectivity index (χ0n) is 17.6. The molecule has 0 spiro atoms. The highest BCUT2D eigenvalue weighted by atomic mass is 16.5. The number of rotatable bonds is 4. The summed E-state index contributed by atoms with van der Waals surface area (Å²) in [6.07, 6.45) is 6.67. The number of hydrogen-bond donors (Lipinski definition) is 2. The fourth-order valence-electron chi connectivity index (χ4n) is 5.13. The quantitative estimate of drug-likeness (QED) is 0.580. The highest BCUT2D eigenvalue weighted by Gasteiger charge is 2.40. The second kappa shape index (κ2) is 6.65. The fraction of sp³-hybridized carbons (Fsp3) is 0.409. The molecule has 1 fully saturated rings. The summed E-state index contributed by atoms with van der Waals surface area (Å²) in [5.74, 6) is 7.62. The Bertz CT molecular complexity index is 1460. The predicted octanol–water partition coefficient (Wildman–Crippen LogP) is 0.830. The molecule has 164 valence electrons. The highest BCUT2D eigenvalue weighted by molar-refractivity contribution is 5.61. The Morgan fingerprint density at radius 2 is 1.88 bits per heavy atom. The van der Waals surface area contributed by atoms with Gasteiger partial charge in [0.15, 0.2) is 0 Å². The van der Waals surface area contributed by atoms with E-state index in [4.69, 9.17) is 10.6 Å². The minimum absolute atomic E-state index is 0.107. The Morgan fingerprint density at radius 3 is 2.59 bits per heavy atom. The lowest BCUT2D eigenvalue weighted by molar-refractivity contribution is 0.434. The van der Waals surface area contributed by atoms with E-state index < -0.39 is 11.2 Å². The lowest BCUT2D eigenvalue weighted by Crippen LogP contribution is -2.45. The molecule has 0 amide bonds. The maximum atomic E-state index is 12.5. The first-order valence-corrected chi connectivity index (χ1v) is 10.9. The number of aromatic nitrogens is 5. The monoisotopic (exact) mass is 434 g/mol. The van der Waals surface area contributed by atoms with E-state index in [0.29, 0.717) is 33.8 Å². The molecule has 1 atom stereocenters. The Kier molecular flexibility index (Phi) is 3.96. The second-order valence-electron chi connectivity index (χ2n) is 8.88. The first-order valence-electron chi connectivity index (χ1n) is 10.9. The first kappa shape index (κ1) is 19.0. The summed E-state index contributed by atoms with van der Waals surface area (Å²) in [5.41, 5.74) is 3.58. The summed E-state index contributed by atoms with van der Waals surface area (Å²) in [7, 11) is 0. The van der Waals surface area contributed by atoms with Crippen molar-refractivity contribution in [2.45, 2.75) is 51.4 Å². The van der Waals surface area contributed by atoms with Crippen molar-refractivity contribution >= 4 is 0 Å². The van der Waals surface area contributed by atoms with E-state index in [2.05, 4.69) is 15.3 Å². The summed E-state index contributed by atoms with van der Waals surface area (Å²) in [4.78, 5) is 36.6. The van der Waals surface area contributed by atoms with E-state index in [9.17, 15) is 14.4 Å². The van der Waals surface area contributed by atoms with Gasteiger partial charge in [-0.2, -0.15) is 14.5 Å². The van der Waals surface area contributed by atoms with Crippen LogP contribution in [0.1, 0.15) is 53.0 Å². The Balaban J connectivity index is 1.43. The summed E-state index contributed by atoms with van der Waals surface area (Å²) < 4.78 is 8.00. The SMILES string of the molecule is Cc1cc(-n2ncc(=O)n(N)c2=O)c2c(c1Oc1n[nH]c(=O)c3c1CCC3C1CC1)CC2. The van der Waals surface area contributed by atoms with Gasteiger partial charge < -0.3 is 10.6 Å². The van der Waals surface area contributed by atoms with Crippen LogP contribution in [-0.2, 0) is 19.3 Å². The number of aryl methyl sites for hydroxylation is 1. The van der Waals surface area contributed by atoms with Gasteiger partial charge in [-0.15, -0.1) is 5.10 Å². The molecule has 1 aromatic carbocycles. The van der Waals surface area contributed by atoms with Crippen molar-refractivity contribution in [2.24, 2.45) is 5.92 Å². The first-order chi connectivity index (χ1) is 15.4. The zero-order chi connectivity index (χ0) is 22.1. The molecule has 6 rings (SSSR count). The molecule has 0 radical (unpaired) electrons. The minimum Gasteiger partial charge on any atom is -0.437 e. The molecule has 10 heteroatoms. The Hall–Kier alpha value is -3.69. The molecule has 1 unspecified atom stereocenters. The normalized spacial score (nSPS) is 18.7. The van der Waals surface area contributed by atoms with Gasteiger partial charge in [-0.3, -0.25) is 9.59 Å². The molecular formula is C22H22N6O4. The maximum absolute atomic E-state index is 12.5. The van der Waals surface area contributed by atoms with Crippen LogP contribution < -0.4 is 27.4 Å². The summed E-state index contributed by atoms with van der Waals surface area (Å²) >= 11 is 0. The van der Waals surface area contributed by atoms with Crippen molar-refractivity contribution in [1.29, 1.82) is 0 Å². The standard InChI is InChI=1S/C22H22N6O4/c1-10-8-16(28-22(31)27(23)17(29)9-24-28)13-5-6-14(13)19(10)32-21-15-7-4-12(11-2-3-11)18(15)20(30)25-26-21/h8-9,11-12H,2-7,23H2,1H3,(H,25,30). The van der Waals surface area contributed by atoms with E-state index in [0.717, 1.165) is 64.4 Å². The van der Waals surface area contributed by atoms with Gasteiger partial charge in [-0.25, -0.2) is 9.89 Å². The van der Waals surface area contributed by atoms with Gasteiger partial charge in [0.05, 0.1) is 5.69 Å². The van der Waals surface area contributed by atoms with Gasteiger partial charge in [0.2, 0.25) is 5.88 Å². The third kappa shape index (κ3) is 2.68. The number of nitrogens with zero attached hydrogens (tertiary/aromatic N) is 4. The van der Waals surface area contributed by atoms with Crippen LogP contribution in [0, 0.1) is 12.8 Å². The number of benzene rings is 1. The molecule has 10 nitrogen and oxygen atoms in total. The molecule has 2 aromatic heterocycles. The molecule has 3 N–H and O–H groups in total. The van der Waals surface area contributed by atoms with Crippen LogP contribution in [0.25, 0.3) is 5.69 Å². The number of aromatic amines is 1. The van der Waals surface area contributed by atoms with Gasteiger partial charge in [0.1, 0.15) is 11.9 Å². The fourth-order valence-corrected chi connectivity index (χ4v) is 5.13. The predicted molar refractivity (Wildman–Crippen MR) is 115 cm³/mol. The molecular weight excluding hydrogens is 412 g/mol. The summed E-state index contributed by atoms with van der Waals surface area (Å²) in [6.45, 7) is 1.89. The molecule has 3 aliphatic carbocycles. The van der Waals surface area contributed by atoms with Crippen LogP contribution in [-0.4, -0.2) is 24.7 Å². The third-order valence-corrected chi connectivity index (χ3v) is 6.97. The van der Waals surface area contributed by atoms with E-state index in [1.165, 1.54) is 12.8 Å². The maximum Gasteiger partial charge on any atom is 0.370 e. The summed E-state index contributed by atoms with van der Waals surface area (Å²) in [5, 5.41) is 10.8. The van der Waals surface area contributed by atoms with Crippen LogP contribution in [0.2, 0.25) is 0 Å². The Morgan fingerprint density at radius 1 is 1.09 bits per heavy atom. The van der Waals surface area contributed by atoms with Crippen LogP contribution in [0.3, 0.4) is 0 Å². The van der Waals surface area contributed by atoms with E-state index >= 15 is 0 Å². The molecule has 1 saturated carbocycles. The number of nitrogens with two attached hydrogens (primary N) is 1. The number of nitrogens with one attached hydrogen (secondary N) is 1. The molecule has 2 heterocycles. The van der Waals surface area contributed by atoms with Crippen molar-refractivity contribution in [1.82, 2.24) is 24.7 Å². The Labute approximate surface area is 181 Å². The number of nitrogen functional groups attached to an aromatic ring is 1. The number of fused-ring (bicyclic) bond motifs is 2. The van der Waals surface area contributed by atoms with Crippen molar-refractivity contribution in [3.05, 3.63) is 71.3 Å². The highest BCUT2D eigenvalue weighted by Crippen LogP contribution is 2.50. The van der Waals surface area contributed by atoms with Gasteiger partial charge in [-0.05, 0) is 74.5 Å². The topological polar surface area (TPSA) is 138 Å². The van der Waals surface area contributed by atoms with Crippen LogP contribution in [0.15, 0.2) is 26.6 Å². The van der Waals surface area contributed by atoms with Crippen LogP contribution in [0.5, 0.6) is 11.6 Å². The summed E-state index contributed by atoms with van der Waals surface area (Å²) in [6, 6.07) is 1.81. The van der Waals surface area contributed by atoms with Gasteiger partial charge in [-0.1, -0.05) is 0 Å². The largest absolute Gasteiger partial charge is 0.437 e. The van der Waals surface area contributed by atoms with E-state index in [-0.39, 0.29) is 5.56 Å². The molecule has 3 aliphatic rings. The smallest absolute Gasteiger partial charge is 0.370 e. The zero-order valence-corrected chi connectivity index (χ0v) is 17.6. The average molecular weight is 434 g/mol. The van der Waals surface area contributed by atoms with Crippen LogP contribution >= 0.6 is 0 Å². The van der Waals surface area contributed by atoms with Crippen LogP contribution in [0.4, 0.5) is 0 Å². The van der Waals surface area contributed by atoms with Gasteiger partial charge >= 0.3 is 5.69 Å². The van der Waals surface area contributed by atoms with Gasteiger partial charge in [0.25, 0.3) is 11.1 Å².